The molecule has 1 N–H and O–H groups in total. The topological polar surface area (TPSA) is 24.5 Å². The van der Waals surface area contributed by atoms with E-state index in [2.05, 4.69) is 62.2 Å². The molecule has 1 aliphatic heterocycles. The summed E-state index contributed by atoms with van der Waals surface area (Å²) in [4.78, 5) is 2.52. The summed E-state index contributed by atoms with van der Waals surface area (Å²) < 4.78 is 5.67. The fraction of sp³-hybridized carbons (Fsp3) is 0.625. The largest absolute Gasteiger partial charge is 0.491 e. The van der Waals surface area contributed by atoms with Gasteiger partial charge < -0.3 is 10.1 Å². The van der Waals surface area contributed by atoms with Gasteiger partial charge in [-0.25, -0.2) is 0 Å². The molecule has 1 heterocycles. The average molecular weight is 299 g/mol. The van der Waals surface area contributed by atoms with Crippen molar-refractivity contribution in [3.8, 4) is 5.75 Å². The first-order valence-corrected chi connectivity index (χ1v) is 7.27. The predicted molar refractivity (Wildman–Crippen MR) is 86.8 cm³/mol. The van der Waals surface area contributed by atoms with Crippen LogP contribution in [0.2, 0.25) is 0 Å². The number of rotatable bonds is 4. The van der Waals surface area contributed by atoms with E-state index in [1.807, 2.05) is 0 Å². The number of hydrogen-bond donors (Lipinski definition) is 1. The van der Waals surface area contributed by atoms with Gasteiger partial charge in [0, 0.05) is 31.7 Å². The second-order valence-corrected chi connectivity index (χ2v) is 5.97. The van der Waals surface area contributed by atoms with Crippen LogP contribution < -0.4 is 10.1 Å². The first-order chi connectivity index (χ1) is 9.02. The molecule has 0 aromatic heterocycles. The zero-order valence-corrected chi connectivity index (χ0v) is 13.7. The van der Waals surface area contributed by atoms with E-state index in [1.54, 1.807) is 0 Å². The minimum absolute atomic E-state index is 0. The van der Waals surface area contributed by atoms with Gasteiger partial charge in [-0.2, -0.15) is 0 Å². The van der Waals surface area contributed by atoms with Crippen molar-refractivity contribution < 1.29 is 4.74 Å². The first-order valence-electron chi connectivity index (χ1n) is 7.27. The Morgan fingerprint density at radius 1 is 1.15 bits per heavy atom. The molecule has 2 atom stereocenters. The fourth-order valence-corrected chi connectivity index (χ4v) is 2.77. The molecule has 0 radical (unpaired) electrons. The van der Waals surface area contributed by atoms with Crippen LogP contribution in [0.15, 0.2) is 24.3 Å². The zero-order valence-electron chi connectivity index (χ0n) is 12.9. The lowest BCUT2D eigenvalue weighted by atomic mass is 10.1. The van der Waals surface area contributed by atoms with Gasteiger partial charge in [0.15, 0.2) is 0 Å². The lowest BCUT2D eigenvalue weighted by molar-refractivity contribution is 0.166. The molecule has 2 unspecified atom stereocenters. The lowest BCUT2D eigenvalue weighted by Crippen LogP contribution is -2.53. The van der Waals surface area contributed by atoms with E-state index in [-0.39, 0.29) is 18.5 Å². The molecule has 20 heavy (non-hydrogen) atoms. The SMILES string of the molecule is CC1CN(Cc2ccc(OC(C)C)cc2)CC(C)N1.Cl. The van der Waals surface area contributed by atoms with Gasteiger partial charge in [-0.3, -0.25) is 4.90 Å². The summed E-state index contributed by atoms with van der Waals surface area (Å²) in [6.45, 7) is 11.9. The van der Waals surface area contributed by atoms with Crippen LogP contribution in [-0.4, -0.2) is 36.2 Å². The maximum Gasteiger partial charge on any atom is 0.119 e. The highest BCUT2D eigenvalue weighted by molar-refractivity contribution is 5.85. The van der Waals surface area contributed by atoms with Crippen LogP contribution in [0.5, 0.6) is 5.75 Å². The molecule has 4 heteroatoms. The monoisotopic (exact) mass is 298 g/mol. The van der Waals surface area contributed by atoms with Crippen molar-refractivity contribution in [1.82, 2.24) is 10.2 Å². The van der Waals surface area contributed by atoms with Crippen LogP contribution in [0, 0.1) is 0 Å². The van der Waals surface area contributed by atoms with Gasteiger partial charge in [-0.15, -0.1) is 12.4 Å². The number of nitrogens with one attached hydrogen (secondary N) is 1. The molecule has 1 aromatic carbocycles. The van der Waals surface area contributed by atoms with Crippen LogP contribution >= 0.6 is 12.4 Å². The zero-order chi connectivity index (χ0) is 13.8. The molecule has 1 aromatic rings. The molecule has 1 saturated heterocycles. The van der Waals surface area contributed by atoms with Crippen molar-refractivity contribution in [1.29, 1.82) is 0 Å². The van der Waals surface area contributed by atoms with Crippen molar-refractivity contribution in [2.45, 2.75) is 52.4 Å². The third-order valence-electron chi connectivity index (χ3n) is 3.33. The Balaban J connectivity index is 0.00000200. The van der Waals surface area contributed by atoms with Crippen molar-refractivity contribution in [2.24, 2.45) is 0 Å². The highest BCUT2D eigenvalue weighted by Gasteiger charge is 2.20. The number of benzene rings is 1. The minimum Gasteiger partial charge on any atom is -0.491 e. The summed E-state index contributed by atoms with van der Waals surface area (Å²) in [5, 5.41) is 3.56. The number of piperazine rings is 1. The van der Waals surface area contributed by atoms with Crippen LogP contribution in [0.4, 0.5) is 0 Å². The summed E-state index contributed by atoms with van der Waals surface area (Å²) in [5.74, 6) is 0.959. The van der Waals surface area contributed by atoms with Crippen molar-refractivity contribution in [2.75, 3.05) is 13.1 Å². The van der Waals surface area contributed by atoms with E-state index in [0.29, 0.717) is 12.1 Å². The Morgan fingerprint density at radius 3 is 2.20 bits per heavy atom. The maximum atomic E-state index is 5.67. The summed E-state index contributed by atoms with van der Waals surface area (Å²) in [7, 11) is 0. The summed E-state index contributed by atoms with van der Waals surface area (Å²) >= 11 is 0. The van der Waals surface area contributed by atoms with Gasteiger partial charge in [0.25, 0.3) is 0 Å². The van der Waals surface area contributed by atoms with E-state index < -0.39 is 0 Å². The molecule has 0 aliphatic carbocycles. The highest BCUT2D eigenvalue weighted by atomic mass is 35.5. The van der Waals surface area contributed by atoms with Crippen LogP contribution in [0.25, 0.3) is 0 Å². The predicted octanol–water partition coefficient (Wildman–Crippen LogP) is 3.08. The third-order valence-corrected chi connectivity index (χ3v) is 3.33. The van der Waals surface area contributed by atoms with E-state index in [0.717, 1.165) is 25.4 Å². The van der Waals surface area contributed by atoms with Crippen molar-refractivity contribution >= 4 is 12.4 Å². The average Bonchev–Trinajstić information content (AvgIpc) is 2.29. The van der Waals surface area contributed by atoms with E-state index in [1.165, 1.54) is 5.56 Å². The summed E-state index contributed by atoms with van der Waals surface area (Å²) in [5.41, 5.74) is 1.36. The number of nitrogens with zero attached hydrogens (tertiary/aromatic N) is 1. The molecule has 0 saturated carbocycles. The van der Waals surface area contributed by atoms with Crippen LogP contribution in [0.3, 0.4) is 0 Å². The maximum absolute atomic E-state index is 5.67. The smallest absolute Gasteiger partial charge is 0.119 e. The molecule has 114 valence electrons. The van der Waals surface area contributed by atoms with Gasteiger partial charge in [0.1, 0.15) is 5.75 Å². The molecule has 0 bridgehead atoms. The van der Waals surface area contributed by atoms with Crippen LogP contribution in [-0.2, 0) is 6.54 Å². The third kappa shape index (κ3) is 5.31. The fourth-order valence-electron chi connectivity index (χ4n) is 2.77. The van der Waals surface area contributed by atoms with Crippen LogP contribution in [0.1, 0.15) is 33.3 Å². The Morgan fingerprint density at radius 2 is 1.70 bits per heavy atom. The quantitative estimate of drug-likeness (QED) is 0.924. The van der Waals surface area contributed by atoms with Crippen molar-refractivity contribution in [3.05, 3.63) is 29.8 Å². The molecule has 2 rings (SSSR count). The minimum atomic E-state index is 0. The standard InChI is InChI=1S/C16H26N2O.ClH/c1-12(2)19-16-7-5-15(6-8-16)11-18-9-13(3)17-14(4)10-18;/h5-8,12-14,17H,9-11H2,1-4H3;1H. The Kier molecular flexibility index (Phi) is 6.80. The normalized spacial score (nSPS) is 23.4. The molecule has 3 nitrogen and oxygen atoms in total. The molecule has 0 amide bonds. The van der Waals surface area contributed by atoms with E-state index in [4.69, 9.17) is 4.74 Å². The van der Waals surface area contributed by atoms with E-state index in [9.17, 15) is 0 Å². The molecule has 1 aliphatic rings. The second kappa shape index (κ2) is 7.87. The number of ether oxygens (including phenoxy) is 1. The number of hydrogen-bond acceptors (Lipinski definition) is 3. The summed E-state index contributed by atoms with van der Waals surface area (Å²) in [6, 6.07) is 9.65. The second-order valence-electron chi connectivity index (χ2n) is 5.97. The van der Waals surface area contributed by atoms with E-state index >= 15 is 0 Å². The lowest BCUT2D eigenvalue weighted by Gasteiger charge is -2.36. The summed E-state index contributed by atoms with van der Waals surface area (Å²) in [6.07, 6.45) is 0.237. The van der Waals surface area contributed by atoms with Gasteiger partial charge in [0.05, 0.1) is 6.10 Å². The molecular formula is C16H27ClN2O. The highest BCUT2D eigenvalue weighted by Crippen LogP contribution is 2.16. The van der Waals surface area contributed by atoms with Gasteiger partial charge in [-0.05, 0) is 45.4 Å². The van der Waals surface area contributed by atoms with Gasteiger partial charge in [-0.1, -0.05) is 12.1 Å². The Hall–Kier alpha value is -0.770. The molecular weight excluding hydrogens is 272 g/mol. The Bertz CT molecular complexity index is 384. The first kappa shape index (κ1) is 17.3. The van der Waals surface area contributed by atoms with Gasteiger partial charge in [0.2, 0.25) is 0 Å². The molecule has 0 spiro atoms. The molecule has 1 fully saturated rings. The number of halogens is 1. The van der Waals surface area contributed by atoms with Crippen molar-refractivity contribution in [3.63, 3.8) is 0 Å². The Labute approximate surface area is 129 Å². The van der Waals surface area contributed by atoms with Gasteiger partial charge >= 0.3 is 0 Å².